The topological polar surface area (TPSA) is 54.0 Å². The van der Waals surface area contributed by atoms with Crippen LogP contribution in [0.4, 0.5) is 29.5 Å². The van der Waals surface area contributed by atoms with E-state index in [1.165, 1.54) is 29.5 Å². The van der Waals surface area contributed by atoms with Crippen molar-refractivity contribution < 1.29 is 18.0 Å². The number of amides is 2. The predicted molar refractivity (Wildman–Crippen MR) is 105 cm³/mol. The van der Waals surface area contributed by atoms with Gasteiger partial charge in [0, 0.05) is 5.38 Å². The Hall–Kier alpha value is -2.87. The zero-order valence-corrected chi connectivity index (χ0v) is 15.9. The summed E-state index contributed by atoms with van der Waals surface area (Å²) in [5.41, 5.74) is 0.656. The largest absolute Gasteiger partial charge is 0.324 e. The van der Waals surface area contributed by atoms with Crippen molar-refractivity contribution in [3.05, 3.63) is 64.2 Å². The fraction of sp³-hybridized carbons (Fsp3) is 0.200. The second kappa shape index (κ2) is 8.88. The summed E-state index contributed by atoms with van der Waals surface area (Å²) in [6.07, 6.45) is 2.93. The number of hydrogen-bond donors (Lipinski definition) is 2. The van der Waals surface area contributed by atoms with E-state index < -0.39 is 23.5 Å². The number of rotatable bonds is 6. The van der Waals surface area contributed by atoms with E-state index in [4.69, 9.17) is 0 Å². The Morgan fingerprint density at radius 1 is 1.00 bits per heavy atom. The number of carbonyl (C=O) groups excluding carboxylic acids is 1. The van der Waals surface area contributed by atoms with Crippen LogP contribution < -0.4 is 10.6 Å². The second-order valence-electron chi connectivity index (χ2n) is 6.13. The van der Waals surface area contributed by atoms with E-state index in [-0.39, 0.29) is 5.69 Å². The molecule has 0 spiro atoms. The minimum absolute atomic E-state index is 0.0368. The van der Waals surface area contributed by atoms with Crippen LogP contribution in [0.5, 0.6) is 0 Å². The molecular weight excluding hydrogens is 387 g/mol. The summed E-state index contributed by atoms with van der Waals surface area (Å²) in [5.74, 6) is -2.27. The van der Waals surface area contributed by atoms with Crippen LogP contribution in [0.25, 0.3) is 11.1 Å². The van der Waals surface area contributed by atoms with E-state index in [0.29, 0.717) is 16.9 Å². The molecule has 3 aromatic rings. The fourth-order valence-corrected chi connectivity index (χ4v) is 3.33. The van der Waals surface area contributed by atoms with Crippen LogP contribution in [0.1, 0.15) is 24.8 Å². The van der Waals surface area contributed by atoms with E-state index in [0.717, 1.165) is 42.5 Å². The Balaban J connectivity index is 1.66. The average molecular weight is 405 g/mol. The Morgan fingerprint density at radius 2 is 1.71 bits per heavy atom. The van der Waals surface area contributed by atoms with Crippen molar-refractivity contribution in [1.82, 2.24) is 4.98 Å². The van der Waals surface area contributed by atoms with Gasteiger partial charge in [-0.15, -0.1) is 11.3 Å². The predicted octanol–water partition coefficient (Wildman–Crippen LogP) is 6.21. The lowest BCUT2D eigenvalue weighted by Crippen LogP contribution is -2.20. The molecule has 0 aliphatic heterocycles. The summed E-state index contributed by atoms with van der Waals surface area (Å²) in [6, 6.07) is 6.72. The number of unbranched alkanes of at least 4 members (excludes halogenated alkanes) is 1. The highest BCUT2D eigenvalue weighted by Crippen LogP contribution is 2.26. The number of aromatic nitrogens is 1. The number of urea groups is 1. The molecule has 0 aliphatic carbocycles. The molecule has 0 saturated heterocycles. The maximum absolute atomic E-state index is 14.3. The molecular formula is C20H18F3N3OS. The van der Waals surface area contributed by atoms with E-state index >= 15 is 0 Å². The van der Waals surface area contributed by atoms with Crippen LogP contribution in [0.2, 0.25) is 0 Å². The van der Waals surface area contributed by atoms with Crippen LogP contribution in [0.3, 0.4) is 0 Å². The normalized spacial score (nSPS) is 10.7. The summed E-state index contributed by atoms with van der Waals surface area (Å²) >= 11 is 1.46. The smallest absolute Gasteiger partial charge is 0.305 e. The van der Waals surface area contributed by atoms with Gasteiger partial charge in [0.15, 0.2) is 11.6 Å². The van der Waals surface area contributed by atoms with E-state index in [2.05, 4.69) is 22.5 Å². The van der Waals surface area contributed by atoms with Crippen molar-refractivity contribution in [2.75, 3.05) is 10.6 Å². The molecule has 0 fully saturated rings. The van der Waals surface area contributed by atoms with Crippen LogP contribution >= 0.6 is 11.3 Å². The number of carbonyl (C=O) groups is 1. The van der Waals surface area contributed by atoms with Gasteiger partial charge in [0.1, 0.15) is 11.6 Å². The Kier molecular flexibility index (Phi) is 6.30. The molecule has 0 atom stereocenters. The number of anilines is 2. The molecule has 2 N–H and O–H groups in total. The van der Waals surface area contributed by atoms with Crippen LogP contribution in [-0.2, 0) is 6.42 Å². The summed E-state index contributed by atoms with van der Waals surface area (Å²) in [6.45, 7) is 2.09. The maximum atomic E-state index is 14.3. The second-order valence-corrected chi connectivity index (χ2v) is 7.08. The summed E-state index contributed by atoms with van der Waals surface area (Å²) in [7, 11) is 0. The Labute approximate surface area is 164 Å². The molecule has 28 heavy (non-hydrogen) atoms. The summed E-state index contributed by atoms with van der Waals surface area (Å²) in [4.78, 5) is 16.4. The van der Waals surface area contributed by atoms with Gasteiger partial charge in [0.25, 0.3) is 0 Å². The molecule has 3 rings (SSSR count). The molecule has 0 radical (unpaired) electrons. The number of halogens is 3. The number of hydrogen-bond acceptors (Lipinski definition) is 3. The molecule has 0 unspecified atom stereocenters. The molecule has 0 saturated carbocycles. The first kappa shape index (κ1) is 19.9. The van der Waals surface area contributed by atoms with Crippen LogP contribution in [0.15, 0.2) is 41.8 Å². The van der Waals surface area contributed by atoms with Crippen molar-refractivity contribution in [1.29, 1.82) is 0 Å². The zero-order valence-electron chi connectivity index (χ0n) is 15.1. The molecule has 2 amide bonds. The number of aryl methyl sites for hydroxylation is 1. The van der Waals surface area contributed by atoms with Gasteiger partial charge < -0.3 is 5.32 Å². The zero-order chi connectivity index (χ0) is 20.1. The number of thiazole rings is 1. The molecule has 2 aromatic carbocycles. The first-order chi connectivity index (χ1) is 13.5. The number of nitrogens with one attached hydrogen (secondary N) is 2. The van der Waals surface area contributed by atoms with E-state index in [9.17, 15) is 18.0 Å². The molecule has 0 aliphatic rings. The lowest BCUT2D eigenvalue weighted by molar-refractivity contribution is 0.262. The van der Waals surface area contributed by atoms with E-state index in [1.807, 2.05) is 0 Å². The average Bonchev–Trinajstić information content (AvgIpc) is 3.11. The Morgan fingerprint density at radius 3 is 2.39 bits per heavy atom. The molecule has 1 aromatic heterocycles. The van der Waals surface area contributed by atoms with Crippen molar-refractivity contribution in [2.45, 2.75) is 26.2 Å². The van der Waals surface area contributed by atoms with Crippen molar-refractivity contribution in [3.8, 4) is 11.1 Å². The van der Waals surface area contributed by atoms with Gasteiger partial charge in [-0.25, -0.2) is 22.9 Å². The SMILES string of the molecule is CCCCc1nc(NC(=O)Nc2ccc(-c3ccc(F)c(F)c3)cc2F)cs1. The quantitative estimate of drug-likeness (QED) is 0.512. The highest BCUT2D eigenvalue weighted by Gasteiger charge is 2.11. The third-order valence-electron chi connectivity index (χ3n) is 4.01. The maximum Gasteiger partial charge on any atom is 0.324 e. The monoisotopic (exact) mass is 405 g/mol. The molecule has 146 valence electrons. The fourth-order valence-electron chi connectivity index (χ4n) is 2.55. The first-order valence-corrected chi connectivity index (χ1v) is 9.61. The third-order valence-corrected chi connectivity index (χ3v) is 4.92. The van der Waals surface area contributed by atoms with Crippen LogP contribution in [-0.4, -0.2) is 11.0 Å². The minimum atomic E-state index is -1.01. The first-order valence-electron chi connectivity index (χ1n) is 8.73. The molecule has 1 heterocycles. The Bertz CT molecular complexity index is 991. The molecule has 0 bridgehead atoms. The third kappa shape index (κ3) is 4.89. The number of nitrogens with zero attached hydrogens (tertiary/aromatic N) is 1. The lowest BCUT2D eigenvalue weighted by Gasteiger charge is -2.09. The van der Waals surface area contributed by atoms with Gasteiger partial charge in [-0.3, -0.25) is 5.32 Å². The minimum Gasteiger partial charge on any atom is -0.305 e. The van der Waals surface area contributed by atoms with Crippen LogP contribution in [0, 0.1) is 17.5 Å². The van der Waals surface area contributed by atoms with Gasteiger partial charge in [-0.2, -0.15) is 0 Å². The van der Waals surface area contributed by atoms with Crippen molar-refractivity contribution in [3.63, 3.8) is 0 Å². The number of benzene rings is 2. The van der Waals surface area contributed by atoms with Gasteiger partial charge in [-0.1, -0.05) is 25.5 Å². The highest BCUT2D eigenvalue weighted by molar-refractivity contribution is 7.10. The van der Waals surface area contributed by atoms with Gasteiger partial charge in [0.2, 0.25) is 0 Å². The standard InChI is InChI=1S/C20H18F3N3OS/c1-2-3-4-19-25-18(11-28-19)26-20(27)24-17-8-6-13(10-16(17)23)12-5-7-14(21)15(22)9-12/h5-11H,2-4H2,1H3,(H2,24,26,27). The van der Waals surface area contributed by atoms with E-state index in [1.54, 1.807) is 5.38 Å². The lowest BCUT2D eigenvalue weighted by atomic mass is 10.0. The summed E-state index contributed by atoms with van der Waals surface area (Å²) < 4.78 is 40.7. The van der Waals surface area contributed by atoms with Gasteiger partial charge in [-0.05, 0) is 48.2 Å². The highest BCUT2D eigenvalue weighted by atomic mass is 32.1. The summed E-state index contributed by atoms with van der Waals surface area (Å²) in [5, 5.41) is 7.64. The van der Waals surface area contributed by atoms with Gasteiger partial charge in [0.05, 0.1) is 10.7 Å². The molecule has 8 heteroatoms. The van der Waals surface area contributed by atoms with Gasteiger partial charge >= 0.3 is 6.03 Å². The van der Waals surface area contributed by atoms with Crippen molar-refractivity contribution in [2.24, 2.45) is 0 Å². The molecule has 4 nitrogen and oxygen atoms in total. The van der Waals surface area contributed by atoms with Crippen molar-refractivity contribution >= 4 is 28.9 Å².